The fourth-order valence-corrected chi connectivity index (χ4v) is 1.34. The monoisotopic (exact) mass is 241 g/mol. The van der Waals surface area contributed by atoms with Crippen LogP contribution in [-0.4, -0.2) is 11.7 Å². The van der Waals surface area contributed by atoms with Gasteiger partial charge >= 0.3 is 0 Å². The van der Waals surface area contributed by atoms with Crippen molar-refractivity contribution in [2.75, 3.05) is 6.61 Å². The van der Waals surface area contributed by atoms with Crippen LogP contribution >= 0.6 is 35.6 Å². The van der Waals surface area contributed by atoms with Gasteiger partial charge in [-0.3, -0.25) is 0 Å². The Labute approximate surface area is 93.1 Å². The summed E-state index contributed by atoms with van der Waals surface area (Å²) in [6, 6.07) is 4.54. The zero-order valence-corrected chi connectivity index (χ0v) is 9.03. The van der Waals surface area contributed by atoms with Crippen molar-refractivity contribution in [3.05, 3.63) is 33.8 Å². The van der Waals surface area contributed by atoms with Crippen molar-refractivity contribution in [3.8, 4) is 0 Å². The van der Waals surface area contributed by atoms with E-state index in [0.29, 0.717) is 15.6 Å². The first kappa shape index (κ1) is 13.0. The number of hydrogen-bond acceptors (Lipinski definition) is 2. The number of halogens is 3. The smallest absolute Gasteiger partial charge is 0.0624 e. The molecule has 13 heavy (non-hydrogen) atoms. The van der Waals surface area contributed by atoms with Crippen molar-refractivity contribution in [2.45, 2.75) is 6.04 Å². The Balaban J connectivity index is 0.00000144. The molecule has 1 aromatic rings. The van der Waals surface area contributed by atoms with Crippen molar-refractivity contribution in [1.29, 1.82) is 0 Å². The molecule has 0 spiro atoms. The molecule has 0 fully saturated rings. The van der Waals surface area contributed by atoms with Crippen LogP contribution in [0.2, 0.25) is 10.0 Å². The van der Waals surface area contributed by atoms with Gasteiger partial charge in [-0.1, -0.05) is 23.2 Å². The Morgan fingerprint density at radius 1 is 1.38 bits per heavy atom. The lowest BCUT2D eigenvalue weighted by molar-refractivity contribution is 0.268. The number of aliphatic hydroxyl groups is 1. The minimum atomic E-state index is -0.462. The molecule has 0 bridgehead atoms. The second-order valence-corrected chi connectivity index (χ2v) is 3.30. The summed E-state index contributed by atoms with van der Waals surface area (Å²) in [6.07, 6.45) is 0. The highest BCUT2D eigenvalue weighted by Crippen LogP contribution is 2.24. The van der Waals surface area contributed by atoms with E-state index >= 15 is 0 Å². The Bertz CT molecular complexity index is 280. The third-order valence-electron chi connectivity index (χ3n) is 1.55. The summed E-state index contributed by atoms with van der Waals surface area (Å²) < 4.78 is 0. The maximum Gasteiger partial charge on any atom is 0.0624 e. The lowest BCUT2D eigenvalue weighted by Gasteiger charge is -2.10. The molecule has 3 N–H and O–H groups in total. The van der Waals surface area contributed by atoms with Gasteiger partial charge in [0.25, 0.3) is 0 Å². The minimum Gasteiger partial charge on any atom is -0.394 e. The first-order valence-electron chi connectivity index (χ1n) is 3.46. The first-order chi connectivity index (χ1) is 5.65. The standard InChI is InChI=1S/C8H9Cl2NO.ClH/c9-5-1-2-7(10)6(3-5)8(11)4-12;/h1-3,8,12H,4,11H2;1H. The number of benzene rings is 1. The molecule has 0 aromatic heterocycles. The van der Waals surface area contributed by atoms with Gasteiger partial charge in [-0.25, -0.2) is 0 Å². The SMILES string of the molecule is Cl.NC(CO)c1cc(Cl)ccc1Cl. The molecular weight excluding hydrogens is 232 g/mol. The lowest BCUT2D eigenvalue weighted by Crippen LogP contribution is -2.14. The lowest BCUT2D eigenvalue weighted by atomic mass is 10.1. The predicted octanol–water partition coefficient (Wildman–Crippen LogP) is 2.41. The second kappa shape index (κ2) is 5.68. The average molecular weight is 243 g/mol. The van der Waals surface area contributed by atoms with Crippen molar-refractivity contribution in [2.24, 2.45) is 5.73 Å². The number of aliphatic hydroxyl groups excluding tert-OH is 1. The van der Waals surface area contributed by atoms with E-state index in [-0.39, 0.29) is 19.0 Å². The zero-order chi connectivity index (χ0) is 9.14. The van der Waals surface area contributed by atoms with Crippen molar-refractivity contribution in [3.63, 3.8) is 0 Å². The van der Waals surface area contributed by atoms with E-state index < -0.39 is 6.04 Å². The van der Waals surface area contributed by atoms with Crippen LogP contribution in [0.4, 0.5) is 0 Å². The molecule has 1 unspecified atom stereocenters. The fraction of sp³-hybridized carbons (Fsp3) is 0.250. The summed E-state index contributed by atoms with van der Waals surface area (Å²) in [4.78, 5) is 0. The van der Waals surface area contributed by atoms with Crippen LogP contribution in [-0.2, 0) is 0 Å². The molecule has 0 aliphatic carbocycles. The fourth-order valence-electron chi connectivity index (χ4n) is 0.897. The highest BCUT2D eigenvalue weighted by atomic mass is 35.5. The van der Waals surface area contributed by atoms with Crippen LogP contribution in [0, 0.1) is 0 Å². The van der Waals surface area contributed by atoms with Crippen molar-refractivity contribution in [1.82, 2.24) is 0 Å². The molecule has 1 aromatic carbocycles. The largest absolute Gasteiger partial charge is 0.394 e. The number of nitrogens with two attached hydrogens (primary N) is 1. The van der Waals surface area contributed by atoms with E-state index in [4.69, 9.17) is 34.0 Å². The molecule has 0 heterocycles. The summed E-state index contributed by atoms with van der Waals surface area (Å²) in [5.41, 5.74) is 6.24. The van der Waals surface area contributed by atoms with Crippen LogP contribution < -0.4 is 5.73 Å². The zero-order valence-electron chi connectivity index (χ0n) is 6.71. The first-order valence-corrected chi connectivity index (χ1v) is 4.22. The quantitative estimate of drug-likeness (QED) is 0.837. The summed E-state index contributed by atoms with van der Waals surface area (Å²) in [6.45, 7) is -0.139. The number of hydrogen-bond donors (Lipinski definition) is 2. The Morgan fingerprint density at radius 3 is 2.54 bits per heavy atom. The highest BCUT2D eigenvalue weighted by molar-refractivity contribution is 6.33. The van der Waals surface area contributed by atoms with E-state index in [1.54, 1.807) is 18.2 Å². The summed E-state index contributed by atoms with van der Waals surface area (Å²) >= 11 is 11.5. The molecule has 0 saturated heterocycles. The summed E-state index contributed by atoms with van der Waals surface area (Å²) in [5.74, 6) is 0. The van der Waals surface area contributed by atoms with Gasteiger partial charge in [-0.2, -0.15) is 0 Å². The molecule has 0 radical (unpaired) electrons. The van der Waals surface area contributed by atoms with Gasteiger partial charge in [0, 0.05) is 10.0 Å². The van der Waals surface area contributed by atoms with Gasteiger partial charge < -0.3 is 10.8 Å². The summed E-state index contributed by atoms with van der Waals surface area (Å²) in [5, 5.41) is 9.87. The van der Waals surface area contributed by atoms with Gasteiger partial charge in [0.15, 0.2) is 0 Å². The van der Waals surface area contributed by atoms with Gasteiger partial charge in [-0.15, -0.1) is 12.4 Å². The van der Waals surface area contributed by atoms with Crippen LogP contribution in [0.3, 0.4) is 0 Å². The molecule has 0 saturated carbocycles. The third kappa shape index (κ3) is 3.33. The topological polar surface area (TPSA) is 46.2 Å². The number of rotatable bonds is 2. The summed E-state index contributed by atoms with van der Waals surface area (Å²) in [7, 11) is 0. The molecule has 1 rings (SSSR count). The Hall–Kier alpha value is 0.01000. The highest BCUT2D eigenvalue weighted by Gasteiger charge is 2.08. The molecular formula is C8H10Cl3NO. The van der Waals surface area contributed by atoms with Crippen molar-refractivity contribution < 1.29 is 5.11 Å². The maximum atomic E-state index is 8.78. The predicted molar refractivity (Wildman–Crippen MR) is 57.7 cm³/mol. The van der Waals surface area contributed by atoms with Crippen molar-refractivity contribution >= 4 is 35.6 Å². The van der Waals surface area contributed by atoms with Gasteiger partial charge in [0.05, 0.1) is 12.6 Å². The molecule has 1 atom stereocenters. The maximum absolute atomic E-state index is 8.78. The molecule has 2 nitrogen and oxygen atoms in total. The third-order valence-corrected chi connectivity index (χ3v) is 2.13. The van der Waals surface area contributed by atoms with Crippen LogP contribution in [0.1, 0.15) is 11.6 Å². The minimum absolute atomic E-state index is 0. The Kier molecular flexibility index (Phi) is 5.68. The Morgan fingerprint density at radius 2 is 2.00 bits per heavy atom. The second-order valence-electron chi connectivity index (χ2n) is 2.45. The van der Waals surface area contributed by atoms with E-state index in [1.165, 1.54) is 0 Å². The molecule has 0 aliphatic rings. The molecule has 74 valence electrons. The molecule has 5 heteroatoms. The van der Waals surface area contributed by atoms with E-state index in [0.717, 1.165) is 0 Å². The van der Waals surface area contributed by atoms with E-state index in [2.05, 4.69) is 0 Å². The molecule has 0 aliphatic heterocycles. The average Bonchev–Trinajstić information content (AvgIpc) is 2.08. The van der Waals surface area contributed by atoms with Crippen LogP contribution in [0.5, 0.6) is 0 Å². The van der Waals surface area contributed by atoms with Gasteiger partial charge in [-0.05, 0) is 23.8 Å². The van der Waals surface area contributed by atoms with Crippen LogP contribution in [0.25, 0.3) is 0 Å². The van der Waals surface area contributed by atoms with E-state index in [1.807, 2.05) is 0 Å². The van der Waals surface area contributed by atoms with Gasteiger partial charge in [0.2, 0.25) is 0 Å². The normalized spacial score (nSPS) is 12.0. The molecule has 0 amide bonds. The van der Waals surface area contributed by atoms with Gasteiger partial charge in [0.1, 0.15) is 0 Å². The van der Waals surface area contributed by atoms with Crippen LogP contribution in [0.15, 0.2) is 18.2 Å². The van der Waals surface area contributed by atoms with E-state index in [9.17, 15) is 0 Å².